The van der Waals surface area contributed by atoms with E-state index in [9.17, 15) is 4.79 Å². The summed E-state index contributed by atoms with van der Waals surface area (Å²) in [6, 6.07) is 18.3. The summed E-state index contributed by atoms with van der Waals surface area (Å²) in [5.74, 6) is 2.27. The molecule has 2 N–H and O–H groups in total. The fourth-order valence-corrected chi connectivity index (χ4v) is 4.41. The van der Waals surface area contributed by atoms with Crippen LogP contribution in [0.3, 0.4) is 0 Å². The molecule has 0 spiro atoms. The van der Waals surface area contributed by atoms with E-state index in [0.29, 0.717) is 17.3 Å². The van der Waals surface area contributed by atoms with Gasteiger partial charge in [-0.25, -0.2) is 15.0 Å². The molecule has 2 aromatic carbocycles. The Labute approximate surface area is 198 Å². The molecule has 5 rings (SSSR count). The molecule has 0 atom stereocenters. The molecule has 172 valence electrons. The highest BCUT2D eigenvalue weighted by Gasteiger charge is 2.24. The van der Waals surface area contributed by atoms with Gasteiger partial charge in [0.15, 0.2) is 11.3 Å². The zero-order valence-electron chi connectivity index (χ0n) is 19.1. The molecular weight excluding hydrogens is 426 g/mol. The predicted octanol–water partition coefficient (Wildman–Crippen LogP) is 3.28. The Hall–Kier alpha value is -4.00. The van der Waals surface area contributed by atoms with E-state index in [1.807, 2.05) is 49.4 Å². The van der Waals surface area contributed by atoms with Crippen molar-refractivity contribution in [1.29, 1.82) is 0 Å². The second-order valence-corrected chi connectivity index (χ2v) is 8.52. The van der Waals surface area contributed by atoms with Crippen LogP contribution in [0.2, 0.25) is 0 Å². The molecule has 1 saturated carbocycles. The second kappa shape index (κ2) is 9.87. The Morgan fingerprint density at radius 1 is 0.912 bits per heavy atom. The second-order valence-electron chi connectivity index (χ2n) is 8.52. The van der Waals surface area contributed by atoms with Crippen molar-refractivity contribution in [2.45, 2.75) is 44.7 Å². The molecule has 2 heterocycles. The Kier molecular flexibility index (Phi) is 6.33. The van der Waals surface area contributed by atoms with Gasteiger partial charge in [0, 0.05) is 12.1 Å². The number of ether oxygens (including phenoxy) is 1. The lowest BCUT2D eigenvalue weighted by Gasteiger charge is -2.31. The smallest absolute Gasteiger partial charge is 0.243 e. The van der Waals surface area contributed by atoms with Crippen LogP contribution in [0.15, 0.2) is 78.1 Å². The van der Waals surface area contributed by atoms with Crippen LogP contribution >= 0.6 is 0 Å². The van der Waals surface area contributed by atoms with Gasteiger partial charge in [0.25, 0.3) is 0 Å². The van der Waals surface area contributed by atoms with Crippen molar-refractivity contribution >= 4 is 17.4 Å². The number of benzene rings is 2. The monoisotopic (exact) mass is 453 g/mol. The van der Waals surface area contributed by atoms with Crippen molar-refractivity contribution in [3.63, 3.8) is 0 Å². The van der Waals surface area contributed by atoms with E-state index in [1.54, 1.807) is 18.5 Å². The Morgan fingerprint density at radius 3 is 2.21 bits per heavy atom. The van der Waals surface area contributed by atoms with E-state index >= 15 is 0 Å². The summed E-state index contributed by atoms with van der Waals surface area (Å²) in [6.07, 6.45) is 8.70. The SMILES string of the molecule is C/C=C/C(=O)NC1CCC(NC(=C2c3ncnc2n3)c2ccc(Oc3ccccc3)cc2)CC1. The van der Waals surface area contributed by atoms with Gasteiger partial charge < -0.3 is 15.4 Å². The first-order valence-corrected chi connectivity index (χ1v) is 11.7. The normalized spacial score (nSPS) is 19.6. The molecule has 7 nitrogen and oxygen atoms in total. The third kappa shape index (κ3) is 4.83. The molecule has 7 heteroatoms. The third-order valence-electron chi connectivity index (χ3n) is 6.13. The first kappa shape index (κ1) is 21.8. The summed E-state index contributed by atoms with van der Waals surface area (Å²) in [7, 11) is 0. The third-order valence-corrected chi connectivity index (χ3v) is 6.13. The minimum absolute atomic E-state index is 0.0179. The highest BCUT2D eigenvalue weighted by atomic mass is 16.5. The van der Waals surface area contributed by atoms with Crippen LogP contribution in [0.25, 0.3) is 5.70 Å². The first-order valence-electron chi connectivity index (χ1n) is 11.7. The maximum absolute atomic E-state index is 11.9. The molecule has 1 fully saturated rings. The highest BCUT2D eigenvalue weighted by Crippen LogP contribution is 2.25. The first-order chi connectivity index (χ1) is 16.7. The van der Waals surface area contributed by atoms with Gasteiger partial charge in [-0.3, -0.25) is 4.79 Å². The van der Waals surface area contributed by atoms with Crippen LogP contribution in [-0.4, -0.2) is 28.0 Å². The summed E-state index contributed by atoms with van der Waals surface area (Å²) >= 11 is 0. The number of fused-ring (bicyclic) bond motifs is 2. The Bertz CT molecular complexity index is 1310. The van der Waals surface area contributed by atoms with E-state index in [1.165, 1.54) is 0 Å². The fraction of sp³-hybridized carbons (Fsp3) is 0.259. The van der Waals surface area contributed by atoms with Gasteiger partial charge >= 0.3 is 0 Å². The van der Waals surface area contributed by atoms with Gasteiger partial charge in [-0.1, -0.05) is 24.3 Å². The quantitative estimate of drug-likeness (QED) is 0.419. The molecular formula is C27H27N5O2. The molecule has 0 saturated heterocycles. The van der Waals surface area contributed by atoms with Gasteiger partial charge in [-0.15, -0.1) is 0 Å². The molecule has 34 heavy (non-hydrogen) atoms. The van der Waals surface area contributed by atoms with E-state index in [4.69, 9.17) is 4.74 Å². The molecule has 0 radical (unpaired) electrons. The van der Waals surface area contributed by atoms with Crippen LogP contribution in [0.5, 0.6) is 11.5 Å². The molecule has 2 aliphatic rings. The summed E-state index contributed by atoms with van der Waals surface area (Å²) in [4.78, 5) is 24.9. The lowest BCUT2D eigenvalue weighted by atomic mass is 9.90. The number of nitrogens with zero attached hydrogens (tertiary/aromatic N) is 3. The lowest BCUT2D eigenvalue weighted by molar-refractivity contribution is -0.117. The Balaban J connectivity index is 1.34. The number of carbonyl (C=O) groups excluding carboxylic acids is 1. The van der Waals surface area contributed by atoms with E-state index in [2.05, 4.69) is 37.7 Å². The highest BCUT2D eigenvalue weighted by molar-refractivity contribution is 5.87. The number of para-hydroxylation sites is 1. The van der Waals surface area contributed by atoms with Crippen molar-refractivity contribution in [2.75, 3.05) is 0 Å². The largest absolute Gasteiger partial charge is 0.457 e. The predicted molar refractivity (Wildman–Crippen MR) is 130 cm³/mol. The molecule has 1 aromatic heterocycles. The number of allylic oxidation sites excluding steroid dienone is 1. The van der Waals surface area contributed by atoms with E-state index < -0.39 is 0 Å². The van der Waals surface area contributed by atoms with Crippen LogP contribution in [0.1, 0.15) is 38.2 Å². The van der Waals surface area contributed by atoms with Crippen LogP contribution in [0.4, 0.5) is 5.82 Å². The average molecular weight is 454 g/mol. The van der Waals surface area contributed by atoms with Crippen LogP contribution in [0, 0.1) is 0 Å². The zero-order chi connectivity index (χ0) is 23.3. The molecule has 1 amide bonds. The number of hydrogen-bond donors (Lipinski definition) is 2. The van der Waals surface area contributed by atoms with Crippen LogP contribution in [-0.2, 0) is 4.79 Å². The molecule has 0 unspecified atom stereocenters. The molecule has 3 aromatic rings. The zero-order valence-corrected chi connectivity index (χ0v) is 19.1. The van der Waals surface area contributed by atoms with Crippen molar-refractivity contribution in [2.24, 2.45) is 4.99 Å². The minimum Gasteiger partial charge on any atom is -0.457 e. The van der Waals surface area contributed by atoms with Crippen molar-refractivity contribution < 1.29 is 9.53 Å². The van der Waals surface area contributed by atoms with Crippen molar-refractivity contribution in [3.05, 3.63) is 89.3 Å². The van der Waals surface area contributed by atoms with Crippen molar-refractivity contribution in [1.82, 2.24) is 20.6 Å². The number of nitrogens with one attached hydrogen (secondary N) is 2. The van der Waals surface area contributed by atoms with Gasteiger partial charge in [-0.2, -0.15) is 0 Å². The summed E-state index contributed by atoms with van der Waals surface area (Å²) in [6.45, 7) is 1.85. The van der Waals surface area contributed by atoms with E-state index in [-0.39, 0.29) is 11.9 Å². The minimum atomic E-state index is -0.0179. The van der Waals surface area contributed by atoms with Crippen LogP contribution < -0.4 is 26.1 Å². The number of amides is 1. The topological polar surface area (TPSA) is 88.5 Å². The number of rotatable bonds is 7. The van der Waals surface area contributed by atoms with Gasteiger partial charge in [0.1, 0.15) is 17.8 Å². The Morgan fingerprint density at radius 2 is 1.59 bits per heavy atom. The van der Waals surface area contributed by atoms with Gasteiger partial charge in [0.05, 0.1) is 10.9 Å². The standard InChI is InChI=1S/C27H27N5O2/c1-2-6-23(33)30-19-11-13-20(14-12-19)31-25(24-26-28-17-29-27(24)32-26)18-9-15-22(16-10-18)34-21-7-4-3-5-8-21/h2-10,15-17,19-20,31H,11-14H2,1H3,(H,30,33)/b6-2+. The lowest BCUT2D eigenvalue weighted by Crippen LogP contribution is -2.46. The molecule has 1 aliphatic carbocycles. The molecule has 2 bridgehead atoms. The average Bonchev–Trinajstić information content (AvgIpc) is 2.86. The van der Waals surface area contributed by atoms with Gasteiger partial charge in [0.2, 0.25) is 5.91 Å². The van der Waals surface area contributed by atoms with Gasteiger partial charge in [-0.05, 0) is 80.6 Å². The van der Waals surface area contributed by atoms with E-state index in [0.717, 1.165) is 53.7 Å². The summed E-state index contributed by atoms with van der Waals surface area (Å²) < 4.78 is 5.95. The maximum atomic E-state index is 11.9. The summed E-state index contributed by atoms with van der Waals surface area (Å²) in [5.41, 5.74) is 2.74. The summed E-state index contributed by atoms with van der Waals surface area (Å²) in [5, 5.41) is 7.80. The fourth-order valence-electron chi connectivity index (χ4n) is 4.41. The molecule has 1 aliphatic heterocycles. The number of carbonyl (C=O) groups is 1. The maximum Gasteiger partial charge on any atom is 0.243 e. The number of aromatic nitrogens is 2. The number of hydrogen-bond acceptors (Lipinski definition) is 6. The van der Waals surface area contributed by atoms with Crippen molar-refractivity contribution in [3.8, 4) is 11.5 Å².